The molecule has 0 aliphatic carbocycles. The summed E-state index contributed by atoms with van der Waals surface area (Å²) in [7, 11) is 3.08. The minimum atomic E-state index is -0.582. The van der Waals surface area contributed by atoms with Gasteiger partial charge in [-0.15, -0.1) is 0 Å². The average Bonchev–Trinajstić information content (AvgIpc) is 2.77. The zero-order valence-corrected chi connectivity index (χ0v) is 18.0. The summed E-state index contributed by atoms with van der Waals surface area (Å²) in [6.07, 6.45) is 1.54. The smallest absolute Gasteiger partial charge is 0.257 e. The van der Waals surface area contributed by atoms with Crippen molar-refractivity contribution in [2.45, 2.75) is 25.9 Å². The Hall–Kier alpha value is -3.42. The fourth-order valence-corrected chi connectivity index (χ4v) is 4.23. The molecule has 1 aliphatic heterocycles. The van der Waals surface area contributed by atoms with Gasteiger partial charge in [-0.25, -0.2) is 14.4 Å². The normalized spacial score (nSPS) is 18.9. The SMILES string of the molecule is COc1ccc(C(=O)N2[C@H](C)CN(c3ncnc4cc(OC)ccc34)C[C@H]2C)c(F)c1. The lowest BCUT2D eigenvalue weighted by Crippen LogP contribution is -2.59. The molecule has 4 rings (SSSR count). The number of amides is 1. The number of aromatic nitrogens is 2. The second-order valence-electron chi connectivity index (χ2n) is 7.74. The minimum Gasteiger partial charge on any atom is -0.497 e. The Kier molecular flexibility index (Phi) is 5.63. The van der Waals surface area contributed by atoms with Crippen LogP contribution in [0.1, 0.15) is 24.2 Å². The van der Waals surface area contributed by atoms with Crippen LogP contribution in [0.2, 0.25) is 0 Å². The largest absolute Gasteiger partial charge is 0.497 e. The third-order valence-electron chi connectivity index (χ3n) is 5.68. The first-order chi connectivity index (χ1) is 14.9. The van der Waals surface area contributed by atoms with Crippen LogP contribution >= 0.6 is 0 Å². The van der Waals surface area contributed by atoms with Crippen LogP contribution in [0.4, 0.5) is 10.2 Å². The number of fused-ring (bicyclic) bond motifs is 1. The summed E-state index contributed by atoms with van der Waals surface area (Å²) in [5.41, 5.74) is 0.844. The van der Waals surface area contributed by atoms with E-state index in [1.165, 1.54) is 25.6 Å². The van der Waals surface area contributed by atoms with Gasteiger partial charge in [0, 0.05) is 42.7 Å². The number of carbonyl (C=O) groups is 1. The van der Waals surface area contributed by atoms with Crippen LogP contribution in [0.5, 0.6) is 11.5 Å². The summed E-state index contributed by atoms with van der Waals surface area (Å²) in [5, 5.41) is 0.920. The molecular weight excluding hydrogens is 399 g/mol. The molecule has 3 aromatic rings. The monoisotopic (exact) mass is 424 g/mol. The highest BCUT2D eigenvalue weighted by molar-refractivity contribution is 5.95. The molecule has 8 heteroatoms. The van der Waals surface area contributed by atoms with Gasteiger partial charge in [0.2, 0.25) is 0 Å². The van der Waals surface area contributed by atoms with Crippen molar-refractivity contribution < 1.29 is 18.7 Å². The van der Waals surface area contributed by atoms with Crippen molar-refractivity contribution in [2.24, 2.45) is 0 Å². The summed E-state index contributed by atoms with van der Waals surface area (Å²) in [5.74, 6) is 1.02. The third kappa shape index (κ3) is 3.85. The predicted octanol–water partition coefficient (Wildman–Crippen LogP) is 3.53. The van der Waals surface area contributed by atoms with E-state index in [9.17, 15) is 9.18 Å². The molecule has 1 amide bonds. The first kappa shape index (κ1) is 20.8. The molecule has 2 aromatic carbocycles. The van der Waals surface area contributed by atoms with Gasteiger partial charge in [0.25, 0.3) is 5.91 Å². The van der Waals surface area contributed by atoms with Gasteiger partial charge in [-0.3, -0.25) is 4.79 Å². The van der Waals surface area contributed by atoms with Gasteiger partial charge < -0.3 is 19.3 Å². The molecule has 1 aliphatic rings. The van der Waals surface area contributed by atoms with E-state index in [1.807, 2.05) is 32.0 Å². The molecule has 0 unspecified atom stereocenters. The Bertz CT molecular complexity index is 1110. The average molecular weight is 424 g/mol. The van der Waals surface area contributed by atoms with Crippen LogP contribution in [-0.4, -0.2) is 60.2 Å². The summed E-state index contributed by atoms with van der Waals surface area (Å²) >= 11 is 0. The molecule has 0 bridgehead atoms. The van der Waals surface area contributed by atoms with Gasteiger partial charge >= 0.3 is 0 Å². The summed E-state index contributed by atoms with van der Waals surface area (Å²) in [6.45, 7) is 5.08. The number of piperazine rings is 1. The summed E-state index contributed by atoms with van der Waals surface area (Å²) < 4.78 is 24.8. The molecule has 1 saturated heterocycles. The van der Waals surface area contributed by atoms with E-state index >= 15 is 0 Å². The van der Waals surface area contributed by atoms with E-state index in [4.69, 9.17) is 9.47 Å². The molecule has 2 heterocycles. The molecule has 1 fully saturated rings. The lowest BCUT2D eigenvalue weighted by Gasteiger charge is -2.45. The van der Waals surface area contributed by atoms with Crippen molar-refractivity contribution >= 4 is 22.6 Å². The van der Waals surface area contributed by atoms with E-state index in [0.29, 0.717) is 18.8 Å². The summed E-state index contributed by atoms with van der Waals surface area (Å²) in [4.78, 5) is 25.9. The van der Waals surface area contributed by atoms with Crippen LogP contribution < -0.4 is 14.4 Å². The third-order valence-corrected chi connectivity index (χ3v) is 5.68. The van der Waals surface area contributed by atoms with Crippen molar-refractivity contribution in [3.05, 3.63) is 54.1 Å². The Morgan fingerprint density at radius 3 is 2.29 bits per heavy atom. The lowest BCUT2D eigenvalue weighted by molar-refractivity contribution is 0.0569. The molecule has 162 valence electrons. The van der Waals surface area contributed by atoms with Crippen molar-refractivity contribution in [3.63, 3.8) is 0 Å². The quantitative estimate of drug-likeness (QED) is 0.638. The fourth-order valence-electron chi connectivity index (χ4n) is 4.23. The van der Waals surface area contributed by atoms with Crippen LogP contribution in [0.3, 0.4) is 0 Å². The standard InChI is InChI=1S/C23H25FN4O3/c1-14-11-27(22-19-8-6-17(31-4)10-21(19)25-13-26-22)12-15(2)28(14)23(29)18-7-5-16(30-3)9-20(18)24/h5-10,13-15H,11-12H2,1-4H3/t14-,15-/m1/s1. The fraction of sp³-hybridized carbons (Fsp3) is 0.348. The number of rotatable bonds is 4. The van der Waals surface area contributed by atoms with Crippen molar-refractivity contribution in [2.75, 3.05) is 32.2 Å². The highest BCUT2D eigenvalue weighted by Gasteiger charge is 2.35. The Morgan fingerprint density at radius 1 is 1.00 bits per heavy atom. The highest BCUT2D eigenvalue weighted by Crippen LogP contribution is 2.30. The van der Waals surface area contributed by atoms with Crippen molar-refractivity contribution in [3.8, 4) is 11.5 Å². The number of nitrogens with zero attached hydrogens (tertiary/aromatic N) is 4. The van der Waals surface area contributed by atoms with Crippen molar-refractivity contribution in [1.29, 1.82) is 0 Å². The number of carbonyl (C=O) groups excluding carboxylic acids is 1. The maximum absolute atomic E-state index is 14.5. The van der Waals surface area contributed by atoms with Gasteiger partial charge in [-0.05, 0) is 38.1 Å². The highest BCUT2D eigenvalue weighted by atomic mass is 19.1. The number of hydrogen-bond donors (Lipinski definition) is 0. The number of hydrogen-bond acceptors (Lipinski definition) is 6. The number of anilines is 1. The molecule has 1 aromatic heterocycles. The van der Waals surface area contributed by atoms with E-state index in [2.05, 4.69) is 14.9 Å². The van der Waals surface area contributed by atoms with Gasteiger partial charge in [-0.2, -0.15) is 0 Å². The topological polar surface area (TPSA) is 67.8 Å². The minimum absolute atomic E-state index is 0.0486. The maximum atomic E-state index is 14.5. The van der Waals surface area contributed by atoms with E-state index in [-0.39, 0.29) is 23.6 Å². The molecule has 2 atom stereocenters. The molecule has 0 N–H and O–H groups in total. The second kappa shape index (κ2) is 8.37. The maximum Gasteiger partial charge on any atom is 0.257 e. The number of ether oxygens (including phenoxy) is 2. The van der Waals surface area contributed by atoms with Crippen LogP contribution in [0, 0.1) is 5.82 Å². The molecule has 0 saturated carbocycles. The predicted molar refractivity (Wildman–Crippen MR) is 116 cm³/mol. The van der Waals surface area contributed by atoms with Gasteiger partial charge in [0.1, 0.15) is 29.5 Å². The lowest BCUT2D eigenvalue weighted by atomic mass is 10.0. The van der Waals surface area contributed by atoms with Crippen LogP contribution in [-0.2, 0) is 0 Å². The molecule has 31 heavy (non-hydrogen) atoms. The van der Waals surface area contributed by atoms with Crippen molar-refractivity contribution in [1.82, 2.24) is 14.9 Å². The molecule has 7 nitrogen and oxygen atoms in total. The van der Waals surface area contributed by atoms with E-state index < -0.39 is 5.82 Å². The molecule has 0 spiro atoms. The van der Waals surface area contributed by atoms with Crippen LogP contribution in [0.15, 0.2) is 42.7 Å². The second-order valence-corrected chi connectivity index (χ2v) is 7.74. The number of methoxy groups -OCH3 is 2. The van der Waals surface area contributed by atoms with E-state index in [1.54, 1.807) is 18.1 Å². The van der Waals surface area contributed by atoms with Crippen LogP contribution in [0.25, 0.3) is 10.9 Å². The van der Waals surface area contributed by atoms with E-state index in [0.717, 1.165) is 22.5 Å². The zero-order valence-electron chi connectivity index (χ0n) is 18.0. The first-order valence-electron chi connectivity index (χ1n) is 10.1. The Balaban J connectivity index is 1.60. The molecule has 0 radical (unpaired) electrons. The number of benzene rings is 2. The van der Waals surface area contributed by atoms with Gasteiger partial charge in [0.05, 0.1) is 25.3 Å². The Morgan fingerprint density at radius 2 is 1.65 bits per heavy atom. The van der Waals surface area contributed by atoms with Gasteiger partial charge in [0.15, 0.2) is 0 Å². The zero-order chi connectivity index (χ0) is 22.1. The Labute approximate surface area is 180 Å². The molecular formula is C23H25FN4O3. The summed E-state index contributed by atoms with van der Waals surface area (Å²) in [6, 6.07) is 9.75. The first-order valence-corrected chi connectivity index (χ1v) is 10.1. The van der Waals surface area contributed by atoms with Gasteiger partial charge in [-0.1, -0.05) is 0 Å². The number of halogens is 1.